The predicted octanol–water partition coefficient (Wildman–Crippen LogP) is 5.11. The van der Waals surface area contributed by atoms with Gasteiger partial charge in [0.05, 0.1) is 4.92 Å². The van der Waals surface area contributed by atoms with Crippen LogP contribution in [0.2, 0.25) is 0 Å². The fourth-order valence-electron chi connectivity index (χ4n) is 2.39. The molecular formula is C20H12N2O3S. The molecule has 1 aromatic heterocycles. The number of allylic oxidation sites excluding steroid dienone is 1. The smallest absolute Gasteiger partial charge is 0.270 e. The van der Waals surface area contributed by atoms with E-state index in [4.69, 9.17) is 0 Å². The van der Waals surface area contributed by atoms with Crippen molar-refractivity contribution in [3.8, 4) is 16.5 Å². The molecule has 0 radical (unpaired) electrons. The van der Waals surface area contributed by atoms with Crippen molar-refractivity contribution in [3.05, 3.63) is 92.9 Å². The quantitative estimate of drug-likeness (QED) is 0.208. The molecule has 0 aliphatic heterocycles. The van der Waals surface area contributed by atoms with Crippen molar-refractivity contribution in [2.45, 2.75) is 0 Å². The van der Waals surface area contributed by atoms with Crippen LogP contribution in [-0.4, -0.2) is 10.7 Å². The van der Waals surface area contributed by atoms with E-state index < -0.39 is 4.92 Å². The van der Waals surface area contributed by atoms with Gasteiger partial charge < -0.3 is 0 Å². The van der Waals surface area contributed by atoms with Crippen molar-refractivity contribution in [2.24, 2.45) is 0 Å². The van der Waals surface area contributed by atoms with E-state index in [1.54, 1.807) is 54.6 Å². The predicted molar refractivity (Wildman–Crippen MR) is 101 cm³/mol. The number of hydrogen-bond acceptors (Lipinski definition) is 5. The van der Waals surface area contributed by atoms with Crippen molar-refractivity contribution in [2.75, 3.05) is 0 Å². The summed E-state index contributed by atoms with van der Waals surface area (Å²) >= 11 is 1.36. The second kappa shape index (κ2) is 7.55. The van der Waals surface area contributed by atoms with Crippen LogP contribution < -0.4 is 0 Å². The first-order valence-corrected chi connectivity index (χ1v) is 8.46. The molecule has 0 saturated carbocycles. The Labute approximate surface area is 153 Å². The molecular weight excluding hydrogens is 348 g/mol. The highest BCUT2D eigenvalue weighted by atomic mass is 32.1. The molecule has 126 valence electrons. The third-order valence-electron chi connectivity index (χ3n) is 3.66. The number of Topliss-reactive ketones (excluding diaryl/α,β-unsaturated/α-hetero) is 1. The van der Waals surface area contributed by atoms with Crippen LogP contribution in [0.5, 0.6) is 0 Å². The molecule has 0 unspecified atom stereocenters. The van der Waals surface area contributed by atoms with Gasteiger partial charge in [0.25, 0.3) is 5.69 Å². The highest BCUT2D eigenvalue weighted by Gasteiger charge is 2.13. The van der Waals surface area contributed by atoms with Crippen molar-refractivity contribution >= 4 is 28.9 Å². The summed E-state index contributed by atoms with van der Waals surface area (Å²) in [7, 11) is 0. The molecule has 2 aromatic carbocycles. The molecule has 0 fully saturated rings. The summed E-state index contributed by atoms with van der Waals surface area (Å²) in [4.78, 5) is 24.4. The van der Waals surface area contributed by atoms with Crippen LogP contribution >= 0.6 is 11.3 Å². The molecule has 1 heterocycles. The van der Waals surface area contributed by atoms with Crippen LogP contribution in [0.1, 0.15) is 15.2 Å². The van der Waals surface area contributed by atoms with E-state index in [2.05, 4.69) is 0 Å². The Bertz CT molecular complexity index is 1050. The zero-order chi connectivity index (χ0) is 18.5. The summed E-state index contributed by atoms with van der Waals surface area (Å²) in [5.41, 5.74) is 1.24. The van der Waals surface area contributed by atoms with Gasteiger partial charge in [-0.2, -0.15) is 5.26 Å². The Morgan fingerprint density at radius 1 is 1.08 bits per heavy atom. The zero-order valence-corrected chi connectivity index (χ0v) is 14.3. The lowest BCUT2D eigenvalue weighted by Gasteiger charge is -1.98. The normalized spacial score (nSPS) is 11.0. The third kappa shape index (κ3) is 3.74. The number of carbonyl (C=O) groups excluding carboxylic acids is 1. The molecule has 0 amide bonds. The molecule has 0 aliphatic rings. The summed E-state index contributed by atoms with van der Waals surface area (Å²) in [6, 6.07) is 20.5. The number of ketones is 1. The topological polar surface area (TPSA) is 84.0 Å². The molecule has 3 aromatic rings. The second-order valence-electron chi connectivity index (χ2n) is 5.37. The van der Waals surface area contributed by atoms with E-state index in [1.807, 2.05) is 12.1 Å². The van der Waals surface area contributed by atoms with Crippen molar-refractivity contribution in [1.29, 1.82) is 5.26 Å². The maximum absolute atomic E-state index is 12.4. The molecule has 0 bridgehead atoms. The monoisotopic (exact) mass is 360 g/mol. The van der Waals surface area contributed by atoms with Crippen LogP contribution in [0.3, 0.4) is 0 Å². The molecule has 0 spiro atoms. The largest absolute Gasteiger partial charge is 0.288 e. The molecule has 3 rings (SSSR count). The van der Waals surface area contributed by atoms with Crippen LogP contribution in [0.25, 0.3) is 16.5 Å². The number of rotatable bonds is 5. The highest BCUT2D eigenvalue weighted by Crippen LogP contribution is 2.31. The summed E-state index contributed by atoms with van der Waals surface area (Å²) in [6.07, 6.45) is 1.54. The van der Waals surface area contributed by atoms with Gasteiger partial charge in [0.2, 0.25) is 5.78 Å². The average molecular weight is 360 g/mol. The van der Waals surface area contributed by atoms with Crippen molar-refractivity contribution in [1.82, 2.24) is 0 Å². The zero-order valence-electron chi connectivity index (χ0n) is 13.5. The standard InChI is InChI=1S/C20H12N2O3S/c21-13-16(20(23)14-5-2-1-3-6-14)12-18-9-10-19(26-18)15-7-4-8-17(11-15)22(24)25/h1-12H/b16-12-. The van der Waals surface area contributed by atoms with Crippen LogP contribution in [0.15, 0.2) is 72.3 Å². The lowest BCUT2D eigenvalue weighted by atomic mass is 10.0. The number of nitro groups is 1. The minimum atomic E-state index is -0.440. The van der Waals surface area contributed by atoms with Gasteiger partial charge >= 0.3 is 0 Å². The summed E-state index contributed by atoms with van der Waals surface area (Å²) in [5, 5.41) is 20.2. The van der Waals surface area contributed by atoms with Crippen molar-refractivity contribution in [3.63, 3.8) is 0 Å². The van der Waals surface area contributed by atoms with E-state index in [0.717, 1.165) is 15.3 Å². The Morgan fingerprint density at radius 2 is 1.85 bits per heavy atom. The van der Waals surface area contributed by atoms with E-state index in [1.165, 1.54) is 23.5 Å². The van der Waals surface area contributed by atoms with E-state index in [-0.39, 0.29) is 17.0 Å². The van der Waals surface area contributed by atoms with Gasteiger partial charge in [0, 0.05) is 27.5 Å². The van der Waals surface area contributed by atoms with E-state index in [0.29, 0.717) is 5.56 Å². The number of non-ortho nitro benzene ring substituents is 1. The highest BCUT2D eigenvalue weighted by molar-refractivity contribution is 7.16. The Hall–Kier alpha value is -3.56. The fraction of sp³-hybridized carbons (Fsp3) is 0. The second-order valence-corrected chi connectivity index (χ2v) is 6.49. The van der Waals surface area contributed by atoms with E-state index >= 15 is 0 Å². The Morgan fingerprint density at radius 3 is 2.54 bits per heavy atom. The first-order valence-electron chi connectivity index (χ1n) is 7.64. The summed E-state index contributed by atoms with van der Waals surface area (Å²) in [6.45, 7) is 0. The number of nitro benzene ring substituents is 1. The molecule has 0 saturated heterocycles. The average Bonchev–Trinajstić information content (AvgIpc) is 3.15. The van der Waals surface area contributed by atoms with Gasteiger partial charge in [-0.3, -0.25) is 14.9 Å². The van der Waals surface area contributed by atoms with Gasteiger partial charge in [0.15, 0.2) is 0 Å². The maximum Gasteiger partial charge on any atom is 0.270 e. The molecule has 0 atom stereocenters. The van der Waals surface area contributed by atoms with Crippen molar-refractivity contribution < 1.29 is 9.72 Å². The number of carbonyl (C=O) groups is 1. The number of nitriles is 1. The number of thiophene rings is 1. The van der Waals surface area contributed by atoms with Gasteiger partial charge in [-0.15, -0.1) is 11.3 Å². The maximum atomic E-state index is 12.4. The lowest BCUT2D eigenvalue weighted by molar-refractivity contribution is -0.384. The van der Waals surface area contributed by atoms with Gasteiger partial charge in [-0.25, -0.2) is 0 Å². The third-order valence-corrected chi connectivity index (χ3v) is 4.74. The molecule has 6 heteroatoms. The number of benzene rings is 2. The molecule has 26 heavy (non-hydrogen) atoms. The van der Waals surface area contributed by atoms with Crippen LogP contribution in [0, 0.1) is 21.4 Å². The molecule has 0 aliphatic carbocycles. The minimum absolute atomic E-state index is 0.0185. The van der Waals surface area contributed by atoms with Crippen LogP contribution in [-0.2, 0) is 0 Å². The summed E-state index contributed by atoms with van der Waals surface area (Å²) < 4.78 is 0. The number of nitrogens with zero attached hydrogens (tertiary/aromatic N) is 2. The lowest BCUT2D eigenvalue weighted by Crippen LogP contribution is -2.01. The van der Waals surface area contributed by atoms with Gasteiger partial charge in [0.1, 0.15) is 11.6 Å². The summed E-state index contributed by atoms with van der Waals surface area (Å²) in [5.74, 6) is -0.335. The van der Waals surface area contributed by atoms with E-state index in [9.17, 15) is 20.2 Å². The fourth-order valence-corrected chi connectivity index (χ4v) is 3.34. The molecule has 5 nitrogen and oxygen atoms in total. The number of hydrogen-bond donors (Lipinski definition) is 0. The molecule has 0 N–H and O–H groups in total. The minimum Gasteiger partial charge on any atom is -0.288 e. The van der Waals surface area contributed by atoms with Gasteiger partial charge in [-0.05, 0) is 23.8 Å². The first kappa shape index (κ1) is 17.3. The van der Waals surface area contributed by atoms with Crippen LogP contribution in [0.4, 0.5) is 5.69 Å². The first-order chi connectivity index (χ1) is 12.6. The van der Waals surface area contributed by atoms with Gasteiger partial charge in [-0.1, -0.05) is 42.5 Å². The Kier molecular flexibility index (Phi) is 5.02. The Balaban J connectivity index is 1.90. The SMILES string of the molecule is N#C/C(=C/c1ccc(-c2cccc([N+](=O)[O-])c2)s1)C(=O)c1ccccc1.